The Bertz CT molecular complexity index is 735. The molecule has 130 valence electrons. The van der Waals surface area contributed by atoms with Crippen LogP contribution in [0.15, 0.2) is 6.07 Å². The number of nitrogens with zero attached hydrogens (tertiary/aromatic N) is 3. The van der Waals surface area contributed by atoms with Gasteiger partial charge in [0.2, 0.25) is 0 Å². The van der Waals surface area contributed by atoms with Gasteiger partial charge in [0.15, 0.2) is 0 Å². The van der Waals surface area contributed by atoms with Gasteiger partial charge in [-0.1, -0.05) is 13.3 Å². The zero-order chi connectivity index (χ0) is 17.3. The smallest absolute Gasteiger partial charge is 0.269 e. The maximum Gasteiger partial charge on any atom is 0.269 e. The number of carbonyl (C=O) groups excluding carboxylic acids is 1. The number of hydrogen-bond acceptors (Lipinski definition) is 4. The fourth-order valence-electron chi connectivity index (χ4n) is 3.46. The molecule has 7 heteroatoms. The molecule has 0 aromatic carbocycles. The van der Waals surface area contributed by atoms with Crippen LogP contribution in [0.2, 0.25) is 0 Å². The van der Waals surface area contributed by atoms with E-state index in [1.807, 2.05) is 43.4 Å². The predicted octanol–water partition coefficient (Wildman–Crippen LogP) is 2.83. The molecule has 2 heterocycles. The molecule has 1 amide bonds. The van der Waals surface area contributed by atoms with E-state index < -0.39 is 0 Å². The third kappa shape index (κ3) is 3.22. The third-order valence-corrected chi connectivity index (χ3v) is 6.06. The highest BCUT2D eigenvalue weighted by Crippen LogP contribution is 2.30. The molecule has 0 spiro atoms. The summed E-state index contributed by atoms with van der Waals surface area (Å²) in [5.74, 6) is 1.02. The Morgan fingerprint density at radius 2 is 2.25 bits per heavy atom. The molecule has 0 bridgehead atoms. The SMILES string of the molecule is CCS[C@H]1CCC[C@H]1NC(=O)c1cc(-c2c(C)nn(C)c2C)n[nH]1. The zero-order valence-electron chi connectivity index (χ0n) is 14.7. The molecule has 6 nitrogen and oxygen atoms in total. The lowest BCUT2D eigenvalue weighted by atomic mass is 10.1. The van der Waals surface area contributed by atoms with Gasteiger partial charge in [-0.3, -0.25) is 14.6 Å². The van der Waals surface area contributed by atoms with Gasteiger partial charge in [-0.25, -0.2) is 0 Å². The second-order valence-corrected chi connectivity index (χ2v) is 7.86. The summed E-state index contributed by atoms with van der Waals surface area (Å²) in [7, 11) is 1.91. The summed E-state index contributed by atoms with van der Waals surface area (Å²) in [6.45, 7) is 6.14. The normalized spacial score (nSPS) is 20.5. The standard InChI is InChI=1S/C17H25N5OS/c1-5-24-15-8-6-7-12(15)18-17(23)14-9-13(19-20-14)16-10(2)21-22(4)11(16)3/h9,12,15H,5-8H2,1-4H3,(H,18,23)(H,19,20)/t12-,15+/m1/s1. The van der Waals surface area contributed by atoms with E-state index in [1.54, 1.807) is 0 Å². The summed E-state index contributed by atoms with van der Waals surface area (Å²) in [5.41, 5.74) is 4.24. The number of hydrogen-bond donors (Lipinski definition) is 2. The molecule has 1 aliphatic rings. The van der Waals surface area contributed by atoms with Crippen molar-refractivity contribution < 1.29 is 4.79 Å². The quantitative estimate of drug-likeness (QED) is 0.872. The van der Waals surface area contributed by atoms with Crippen LogP contribution in [0.5, 0.6) is 0 Å². The number of aromatic nitrogens is 4. The maximum absolute atomic E-state index is 12.6. The van der Waals surface area contributed by atoms with E-state index in [-0.39, 0.29) is 11.9 Å². The molecule has 0 saturated heterocycles. The fourth-order valence-corrected chi connectivity index (χ4v) is 4.66. The summed E-state index contributed by atoms with van der Waals surface area (Å²) in [5, 5.41) is 15.3. The molecule has 0 radical (unpaired) electrons. The fraction of sp³-hybridized carbons (Fsp3) is 0.588. The van der Waals surface area contributed by atoms with Crippen LogP contribution in [-0.2, 0) is 7.05 Å². The van der Waals surface area contributed by atoms with Crippen LogP contribution in [0, 0.1) is 13.8 Å². The Labute approximate surface area is 146 Å². The summed E-state index contributed by atoms with van der Waals surface area (Å²) in [6, 6.07) is 2.08. The van der Waals surface area contributed by atoms with Crippen LogP contribution < -0.4 is 5.32 Å². The Morgan fingerprint density at radius 3 is 2.92 bits per heavy atom. The van der Waals surface area contributed by atoms with Crippen molar-refractivity contribution >= 4 is 17.7 Å². The monoisotopic (exact) mass is 347 g/mol. The van der Waals surface area contributed by atoms with Crippen molar-refractivity contribution in [1.29, 1.82) is 0 Å². The van der Waals surface area contributed by atoms with Crippen molar-refractivity contribution in [1.82, 2.24) is 25.3 Å². The van der Waals surface area contributed by atoms with Crippen LogP contribution in [0.1, 0.15) is 48.1 Å². The molecule has 2 aromatic rings. The molecule has 0 unspecified atom stereocenters. The van der Waals surface area contributed by atoms with Crippen molar-refractivity contribution in [2.75, 3.05) is 5.75 Å². The number of carbonyl (C=O) groups is 1. The molecule has 3 rings (SSSR count). The molecule has 1 aliphatic carbocycles. The van der Waals surface area contributed by atoms with E-state index in [0.29, 0.717) is 10.9 Å². The first-order valence-electron chi connectivity index (χ1n) is 8.49. The number of rotatable bonds is 5. The van der Waals surface area contributed by atoms with Gasteiger partial charge in [0.05, 0.1) is 11.4 Å². The van der Waals surface area contributed by atoms with Crippen molar-refractivity contribution in [3.05, 3.63) is 23.1 Å². The number of nitrogens with one attached hydrogen (secondary N) is 2. The molecule has 2 N–H and O–H groups in total. The topological polar surface area (TPSA) is 75.6 Å². The van der Waals surface area contributed by atoms with Crippen LogP contribution in [0.3, 0.4) is 0 Å². The largest absolute Gasteiger partial charge is 0.347 e. The molecule has 1 fully saturated rings. The van der Waals surface area contributed by atoms with E-state index in [1.165, 1.54) is 12.8 Å². The summed E-state index contributed by atoms with van der Waals surface area (Å²) in [6.07, 6.45) is 3.43. The van der Waals surface area contributed by atoms with Gasteiger partial charge < -0.3 is 5.32 Å². The van der Waals surface area contributed by atoms with E-state index in [9.17, 15) is 4.79 Å². The van der Waals surface area contributed by atoms with E-state index in [0.717, 1.165) is 34.8 Å². The van der Waals surface area contributed by atoms with Gasteiger partial charge in [0, 0.05) is 29.6 Å². The van der Waals surface area contributed by atoms with Crippen LogP contribution in [0.25, 0.3) is 11.3 Å². The van der Waals surface area contributed by atoms with Crippen LogP contribution in [0.4, 0.5) is 0 Å². The van der Waals surface area contributed by atoms with Crippen LogP contribution in [-0.4, -0.2) is 42.9 Å². The minimum atomic E-state index is -0.0680. The van der Waals surface area contributed by atoms with Crippen molar-refractivity contribution in [3.8, 4) is 11.3 Å². The van der Waals surface area contributed by atoms with Gasteiger partial charge in [-0.05, 0) is 38.5 Å². The van der Waals surface area contributed by atoms with Crippen molar-refractivity contribution in [3.63, 3.8) is 0 Å². The third-order valence-electron chi connectivity index (χ3n) is 4.74. The molecule has 2 aromatic heterocycles. The lowest BCUT2D eigenvalue weighted by Gasteiger charge is -2.19. The Balaban J connectivity index is 1.74. The molecule has 24 heavy (non-hydrogen) atoms. The average molecular weight is 347 g/mol. The van der Waals surface area contributed by atoms with E-state index in [2.05, 4.69) is 27.5 Å². The number of thioether (sulfide) groups is 1. The Hall–Kier alpha value is -1.76. The highest BCUT2D eigenvalue weighted by Gasteiger charge is 2.29. The van der Waals surface area contributed by atoms with Gasteiger partial charge in [0.1, 0.15) is 5.69 Å². The molecule has 0 aliphatic heterocycles. The van der Waals surface area contributed by atoms with E-state index in [4.69, 9.17) is 0 Å². The second-order valence-electron chi connectivity index (χ2n) is 6.34. The average Bonchev–Trinajstić information content (AvgIpc) is 3.22. The summed E-state index contributed by atoms with van der Waals surface area (Å²) in [4.78, 5) is 12.6. The summed E-state index contributed by atoms with van der Waals surface area (Å²) < 4.78 is 1.84. The lowest BCUT2D eigenvalue weighted by molar-refractivity contribution is 0.0933. The molecule has 1 saturated carbocycles. The number of amides is 1. The first-order valence-corrected chi connectivity index (χ1v) is 9.54. The van der Waals surface area contributed by atoms with E-state index >= 15 is 0 Å². The van der Waals surface area contributed by atoms with Gasteiger partial charge in [0.25, 0.3) is 5.91 Å². The lowest BCUT2D eigenvalue weighted by Crippen LogP contribution is -2.39. The minimum Gasteiger partial charge on any atom is -0.347 e. The number of aromatic amines is 1. The highest BCUT2D eigenvalue weighted by molar-refractivity contribution is 7.99. The van der Waals surface area contributed by atoms with Gasteiger partial charge >= 0.3 is 0 Å². The van der Waals surface area contributed by atoms with Crippen molar-refractivity contribution in [2.45, 2.75) is 51.3 Å². The highest BCUT2D eigenvalue weighted by atomic mass is 32.2. The molecular weight excluding hydrogens is 322 g/mol. The minimum absolute atomic E-state index is 0.0680. The van der Waals surface area contributed by atoms with Crippen LogP contribution >= 0.6 is 11.8 Å². The maximum atomic E-state index is 12.6. The van der Waals surface area contributed by atoms with Crippen molar-refractivity contribution in [2.24, 2.45) is 7.05 Å². The second kappa shape index (κ2) is 7.01. The molecule has 2 atom stereocenters. The Kier molecular flexibility index (Phi) is 4.99. The first kappa shape index (κ1) is 17.1. The van der Waals surface area contributed by atoms with Gasteiger partial charge in [-0.2, -0.15) is 22.0 Å². The van der Waals surface area contributed by atoms with Gasteiger partial charge in [-0.15, -0.1) is 0 Å². The number of H-pyrrole nitrogens is 1. The first-order chi connectivity index (χ1) is 11.5. The Morgan fingerprint density at radius 1 is 1.46 bits per heavy atom. The number of aryl methyl sites for hydroxylation is 2. The predicted molar refractivity (Wildman–Crippen MR) is 97.3 cm³/mol. The zero-order valence-corrected chi connectivity index (χ0v) is 15.5. The molecular formula is C17H25N5OS. The summed E-state index contributed by atoms with van der Waals surface area (Å²) >= 11 is 1.94.